The van der Waals surface area contributed by atoms with Gasteiger partial charge in [-0.25, -0.2) is 13.5 Å². The third-order valence-electron chi connectivity index (χ3n) is 2.27. The minimum absolute atomic E-state index is 0.0509. The van der Waals surface area contributed by atoms with Crippen LogP contribution < -0.4 is 10.3 Å². The van der Waals surface area contributed by atoms with Crippen LogP contribution in [0.25, 0.3) is 0 Å². The second-order valence-electron chi connectivity index (χ2n) is 3.67. The number of nitriles is 1. The fourth-order valence-corrected chi connectivity index (χ4v) is 2.93. The predicted molar refractivity (Wildman–Crippen MR) is 71.8 cm³/mol. The van der Waals surface area contributed by atoms with E-state index < -0.39 is 15.6 Å². The topological polar surface area (TPSA) is 116 Å². The summed E-state index contributed by atoms with van der Waals surface area (Å²) in [6.07, 6.45) is 0. The van der Waals surface area contributed by atoms with Gasteiger partial charge in [0.25, 0.3) is 15.6 Å². The molecule has 0 fully saturated rings. The Labute approximate surface area is 118 Å². The van der Waals surface area contributed by atoms with Crippen LogP contribution in [0.15, 0.2) is 40.0 Å². The number of halogens is 1. The van der Waals surface area contributed by atoms with E-state index in [2.05, 4.69) is 14.9 Å². The normalized spacial score (nSPS) is 10.8. The minimum Gasteiger partial charge on any atom is -0.268 e. The summed E-state index contributed by atoms with van der Waals surface area (Å²) in [5.74, 6) is -0.0509. The first kappa shape index (κ1) is 14.0. The molecule has 0 aliphatic rings. The summed E-state index contributed by atoms with van der Waals surface area (Å²) >= 11 is 5.84. The van der Waals surface area contributed by atoms with Crippen molar-refractivity contribution < 1.29 is 8.42 Å². The van der Waals surface area contributed by atoms with Crippen LogP contribution in [0.3, 0.4) is 0 Å². The molecule has 1 aromatic heterocycles. The molecule has 0 saturated heterocycles. The fraction of sp³-hybridized carbons (Fsp3) is 0. The lowest BCUT2D eigenvalue weighted by molar-refractivity contribution is 0.601. The Hall–Kier alpha value is -2.37. The molecule has 0 aliphatic carbocycles. The summed E-state index contributed by atoms with van der Waals surface area (Å²) in [5, 5.41) is 14.2. The Morgan fingerprint density at radius 2 is 2.05 bits per heavy atom. The molecule has 0 aliphatic heterocycles. The molecule has 0 atom stereocenters. The zero-order chi connectivity index (χ0) is 14.8. The van der Waals surface area contributed by atoms with E-state index in [-0.39, 0.29) is 21.3 Å². The lowest BCUT2D eigenvalue weighted by Gasteiger charge is -2.08. The van der Waals surface area contributed by atoms with E-state index in [0.29, 0.717) is 0 Å². The van der Waals surface area contributed by atoms with E-state index in [9.17, 15) is 13.2 Å². The zero-order valence-corrected chi connectivity index (χ0v) is 11.4. The van der Waals surface area contributed by atoms with Gasteiger partial charge in [-0.15, -0.1) is 0 Å². The van der Waals surface area contributed by atoms with Gasteiger partial charge < -0.3 is 0 Å². The van der Waals surface area contributed by atoms with Gasteiger partial charge in [0.2, 0.25) is 0 Å². The second kappa shape index (κ2) is 5.32. The van der Waals surface area contributed by atoms with Gasteiger partial charge in [0.15, 0.2) is 5.82 Å². The lowest BCUT2D eigenvalue weighted by atomic mass is 10.2. The molecule has 0 amide bonds. The summed E-state index contributed by atoms with van der Waals surface area (Å²) in [6, 6.07) is 7.99. The molecule has 7 nitrogen and oxygen atoms in total. The van der Waals surface area contributed by atoms with Gasteiger partial charge in [-0.05, 0) is 24.3 Å². The Morgan fingerprint density at radius 1 is 1.30 bits per heavy atom. The molecule has 9 heteroatoms. The zero-order valence-electron chi connectivity index (χ0n) is 9.79. The largest absolute Gasteiger partial charge is 0.268 e. The second-order valence-corrected chi connectivity index (χ2v) is 5.73. The van der Waals surface area contributed by atoms with Crippen LogP contribution in [0.1, 0.15) is 5.56 Å². The number of hydrogen-bond donors (Lipinski definition) is 2. The minimum atomic E-state index is -3.96. The molecule has 20 heavy (non-hydrogen) atoms. The highest BCUT2D eigenvalue weighted by atomic mass is 35.5. The molecule has 1 heterocycles. The van der Waals surface area contributed by atoms with Gasteiger partial charge in [-0.1, -0.05) is 11.6 Å². The Balaban J connectivity index is 2.38. The van der Waals surface area contributed by atoms with E-state index in [1.807, 2.05) is 6.07 Å². The highest BCUT2D eigenvalue weighted by Gasteiger charge is 2.19. The van der Waals surface area contributed by atoms with Crippen molar-refractivity contribution >= 4 is 27.4 Å². The summed E-state index contributed by atoms with van der Waals surface area (Å²) in [5.41, 5.74) is -0.208. The number of hydrogen-bond acceptors (Lipinski definition) is 5. The Morgan fingerprint density at radius 3 is 2.60 bits per heavy atom. The first-order chi connectivity index (χ1) is 9.42. The van der Waals surface area contributed by atoms with Gasteiger partial charge in [0.1, 0.15) is 4.90 Å². The van der Waals surface area contributed by atoms with Crippen molar-refractivity contribution in [3.05, 3.63) is 51.3 Å². The summed E-state index contributed by atoms with van der Waals surface area (Å²) in [6.45, 7) is 0. The summed E-state index contributed by atoms with van der Waals surface area (Å²) in [7, 11) is -3.96. The van der Waals surface area contributed by atoms with Crippen LogP contribution in [0, 0.1) is 11.3 Å². The van der Waals surface area contributed by atoms with Crippen molar-refractivity contribution in [3.63, 3.8) is 0 Å². The standard InChI is InChI=1S/C11H7ClN4O3S/c12-8-5-7(6-13)1-2-9(8)20(18,19)16-10-3-4-11(17)15-14-10/h1-5H,(H,14,16)(H,15,17). The number of aromatic amines is 1. The molecule has 0 unspecified atom stereocenters. The Kier molecular flexibility index (Phi) is 3.74. The van der Waals surface area contributed by atoms with Gasteiger partial charge >= 0.3 is 0 Å². The molecule has 0 bridgehead atoms. The first-order valence-corrected chi connectivity index (χ1v) is 7.07. The predicted octanol–water partition coefficient (Wildman–Crippen LogP) is 1.10. The number of nitrogens with zero attached hydrogens (tertiary/aromatic N) is 2. The quantitative estimate of drug-likeness (QED) is 0.880. The van der Waals surface area contributed by atoms with Crippen LogP contribution in [-0.4, -0.2) is 18.6 Å². The first-order valence-electron chi connectivity index (χ1n) is 5.20. The van der Waals surface area contributed by atoms with E-state index >= 15 is 0 Å². The third-order valence-corrected chi connectivity index (χ3v) is 4.11. The molecular weight excluding hydrogens is 304 g/mol. The average Bonchev–Trinajstić information content (AvgIpc) is 2.40. The van der Waals surface area contributed by atoms with Crippen molar-refractivity contribution in [2.75, 3.05) is 4.72 Å². The van der Waals surface area contributed by atoms with Crippen LogP contribution in [0.2, 0.25) is 5.02 Å². The van der Waals surface area contributed by atoms with E-state index in [1.54, 1.807) is 0 Å². The maximum atomic E-state index is 12.1. The van der Waals surface area contributed by atoms with Crippen LogP contribution in [0.5, 0.6) is 0 Å². The maximum Gasteiger partial charge on any atom is 0.264 e. The van der Waals surface area contributed by atoms with Crippen LogP contribution in [0.4, 0.5) is 5.82 Å². The molecular formula is C11H7ClN4O3S. The molecule has 2 N–H and O–H groups in total. The number of aromatic nitrogens is 2. The van der Waals surface area contributed by atoms with Crippen LogP contribution in [-0.2, 0) is 10.0 Å². The number of sulfonamides is 1. The molecule has 0 radical (unpaired) electrons. The highest BCUT2D eigenvalue weighted by molar-refractivity contribution is 7.92. The number of anilines is 1. The third kappa shape index (κ3) is 2.96. The van der Waals surface area contributed by atoms with E-state index in [4.69, 9.17) is 16.9 Å². The van der Waals surface area contributed by atoms with Gasteiger partial charge in [0.05, 0.1) is 16.7 Å². The molecule has 2 aromatic rings. The van der Waals surface area contributed by atoms with Crippen molar-refractivity contribution in [2.45, 2.75) is 4.90 Å². The monoisotopic (exact) mass is 310 g/mol. The van der Waals surface area contributed by atoms with Crippen molar-refractivity contribution in [3.8, 4) is 6.07 Å². The van der Waals surface area contributed by atoms with Crippen LogP contribution >= 0.6 is 11.6 Å². The average molecular weight is 311 g/mol. The number of H-pyrrole nitrogens is 1. The molecule has 1 aromatic carbocycles. The Bertz CT molecular complexity index is 834. The fourth-order valence-electron chi connectivity index (χ4n) is 1.38. The SMILES string of the molecule is N#Cc1ccc(S(=O)(=O)Nc2ccc(=O)[nH]n2)c(Cl)c1. The van der Waals surface area contributed by atoms with Crippen molar-refractivity contribution in [1.29, 1.82) is 5.26 Å². The number of rotatable bonds is 3. The number of nitrogens with one attached hydrogen (secondary N) is 2. The van der Waals surface area contributed by atoms with Crippen molar-refractivity contribution in [2.24, 2.45) is 0 Å². The van der Waals surface area contributed by atoms with Gasteiger partial charge in [-0.2, -0.15) is 10.4 Å². The molecule has 0 spiro atoms. The van der Waals surface area contributed by atoms with E-state index in [1.165, 1.54) is 24.3 Å². The summed E-state index contributed by atoms with van der Waals surface area (Å²) < 4.78 is 26.4. The van der Waals surface area contributed by atoms with Gasteiger partial charge in [-0.3, -0.25) is 9.52 Å². The number of benzene rings is 1. The van der Waals surface area contributed by atoms with E-state index in [0.717, 1.165) is 6.07 Å². The smallest absolute Gasteiger partial charge is 0.264 e. The molecule has 0 saturated carbocycles. The molecule has 102 valence electrons. The van der Waals surface area contributed by atoms with Crippen molar-refractivity contribution in [1.82, 2.24) is 10.2 Å². The maximum absolute atomic E-state index is 12.1. The highest BCUT2D eigenvalue weighted by Crippen LogP contribution is 2.23. The lowest BCUT2D eigenvalue weighted by Crippen LogP contribution is -2.16. The molecule has 2 rings (SSSR count). The van der Waals surface area contributed by atoms with Gasteiger partial charge in [0, 0.05) is 6.07 Å². The summed E-state index contributed by atoms with van der Waals surface area (Å²) in [4.78, 5) is 10.6.